The number of amides is 1. The Hall–Kier alpha value is -2.25. The van der Waals surface area contributed by atoms with Crippen LogP contribution in [0, 0.1) is 16.7 Å². The third kappa shape index (κ3) is 3.72. The second kappa shape index (κ2) is 6.24. The van der Waals surface area contributed by atoms with Crippen molar-refractivity contribution in [1.29, 1.82) is 0 Å². The van der Waals surface area contributed by atoms with E-state index in [-0.39, 0.29) is 5.91 Å². The van der Waals surface area contributed by atoms with Crippen molar-refractivity contribution in [3.05, 3.63) is 24.3 Å². The van der Waals surface area contributed by atoms with Crippen LogP contribution >= 0.6 is 0 Å². The zero-order chi connectivity index (χ0) is 19.0. The fraction of sp³-hybridized carbons (Fsp3) is 0.529. The molecule has 0 saturated heterocycles. The third-order valence-corrected chi connectivity index (χ3v) is 5.35. The van der Waals surface area contributed by atoms with Crippen LogP contribution in [0.25, 0.3) is 0 Å². The normalized spacial score (nSPS) is 25.4. The molecule has 0 unspecified atom stereocenters. The highest BCUT2D eigenvalue weighted by atomic mass is 19.4. The Labute approximate surface area is 143 Å². The van der Waals surface area contributed by atoms with Crippen LogP contribution in [0.5, 0.6) is 5.75 Å². The van der Waals surface area contributed by atoms with E-state index in [2.05, 4.69) is 10.1 Å². The lowest BCUT2D eigenvalue weighted by atomic mass is 9.65. The van der Waals surface area contributed by atoms with Crippen molar-refractivity contribution in [2.24, 2.45) is 16.7 Å². The maximum atomic E-state index is 12.5. The Bertz CT molecular complexity index is 669. The molecule has 0 bridgehead atoms. The number of anilines is 1. The van der Waals surface area contributed by atoms with E-state index >= 15 is 0 Å². The Kier molecular flexibility index (Phi) is 4.76. The van der Waals surface area contributed by atoms with Crippen molar-refractivity contribution < 1.29 is 32.6 Å². The number of halogens is 3. The van der Waals surface area contributed by atoms with E-state index in [1.165, 1.54) is 12.1 Å². The second-order valence-corrected chi connectivity index (χ2v) is 6.99. The number of rotatable bonds is 4. The van der Waals surface area contributed by atoms with Crippen LogP contribution in [0.15, 0.2) is 24.3 Å². The van der Waals surface area contributed by atoms with Gasteiger partial charge in [0.05, 0.1) is 0 Å². The number of carboxylic acid groups (broad SMARTS) is 1. The summed E-state index contributed by atoms with van der Waals surface area (Å²) in [6.07, 6.45) is -4.08. The first-order valence-electron chi connectivity index (χ1n) is 7.75. The van der Waals surface area contributed by atoms with Crippen LogP contribution in [0.4, 0.5) is 18.9 Å². The number of hydrogen-bond donors (Lipinski definition) is 1. The molecule has 1 N–H and O–H groups in total. The van der Waals surface area contributed by atoms with E-state index in [0.29, 0.717) is 18.5 Å². The van der Waals surface area contributed by atoms with Crippen LogP contribution in [0.3, 0.4) is 0 Å². The van der Waals surface area contributed by atoms with Gasteiger partial charge in [-0.1, -0.05) is 20.8 Å². The minimum Gasteiger partial charge on any atom is -0.550 e. The van der Waals surface area contributed by atoms with Gasteiger partial charge < -0.3 is 20.0 Å². The minimum absolute atomic E-state index is 0.303. The van der Waals surface area contributed by atoms with Gasteiger partial charge in [0.15, 0.2) is 0 Å². The van der Waals surface area contributed by atoms with Gasteiger partial charge in [-0.3, -0.25) is 4.79 Å². The molecular formula is C17H19F3NO4-. The average Bonchev–Trinajstić information content (AvgIpc) is 2.71. The summed E-state index contributed by atoms with van der Waals surface area (Å²) in [5.41, 5.74) is -1.65. The molecule has 8 heteroatoms. The maximum absolute atomic E-state index is 12.5. The van der Waals surface area contributed by atoms with E-state index in [0.717, 1.165) is 12.1 Å². The largest absolute Gasteiger partial charge is 0.573 e. The molecule has 1 fully saturated rings. The van der Waals surface area contributed by atoms with Gasteiger partial charge in [-0.15, -0.1) is 13.2 Å². The fourth-order valence-electron chi connectivity index (χ4n) is 3.29. The zero-order valence-electron chi connectivity index (χ0n) is 14.1. The van der Waals surface area contributed by atoms with E-state index < -0.39 is 34.8 Å². The lowest BCUT2D eigenvalue weighted by Gasteiger charge is -2.41. The van der Waals surface area contributed by atoms with E-state index in [9.17, 15) is 27.9 Å². The van der Waals surface area contributed by atoms with Crippen LogP contribution in [0.1, 0.15) is 33.6 Å². The molecule has 1 saturated carbocycles. The molecule has 1 aliphatic carbocycles. The van der Waals surface area contributed by atoms with Crippen molar-refractivity contribution >= 4 is 17.6 Å². The summed E-state index contributed by atoms with van der Waals surface area (Å²) in [5.74, 6) is -2.52. The molecule has 0 radical (unpaired) electrons. The molecule has 0 aromatic heterocycles. The lowest BCUT2D eigenvalue weighted by Crippen LogP contribution is -2.49. The highest BCUT2D eigenvalue weighted by Gasteiger charge is 2.54. The summed E-state index contributed by atoms with van der Waals surface area (Å²) in [6, 6.07) is 4.76. The summed E-state index contributed by atoms with van der Waals surface area (Å²) in [5, 5.41) is 14.1. The van der Waals surface area contributed by atoms with Gasteiger partial charge in [-0.2, -0.15) is 0 Å². The van der Waals surface area contributed by atoms with Crippen LogP contribution < -0.4 is 15.2 Å². The molecule has 0 spiro atoms. The number of carboxylic acids is 1. The zero-order valence-corrected chi connectivity index (χ0v) is 14.1. The van der Waals surface area contributed by atoms with Gasteiger partial charge in [-0.25, -0.2) is 0 Å². The average molecular weight is 358 g/mol. The highest BCUT2D eigenvalue weighted by Crippen LogP contribution is 2.55. The highest BCUT2D eigenvalue weighted by molar-refractivity contribution is 5.94. The molecule has 138 valence electrons. The first-order chi connectivity index (χ1) is 11.4. The van der Waals surface area contributed by atoms with Gasteiger partial charge >= 0.3 is 6.36 Å². The molecule has 25 heavy (non-hydrogen) atoms. The molecule has 5 nitrogen and oxygen atoms in total. The summed E-state index contributed by atoms with van der Waals surface area (Å²) in [6.45, 7) is 4.99. The van der Waals surface area contributed by atoms with Gasteiger partial charge in [0.2, 0.25) is 5.91 Å². The van der Waals surface area contributed by atoms with Crippen molar-refractivity contribution in [2.45, 2.75) is 40.0 Å². The quantitative estimate of drug-likeness (QED) is 0.898. The second-order valence-electron chi connectivity index (χ2n) is 6.99. The van der Waals surface area contributed by atoms with Crippen molar-refractivity contribution in [3.63, 3.8) is 0 Å². The van der Waals surface area contributed by atoms with Gasteiger partial charge in [0, 0.05) is 23.0 Å². The number of nitrogens with one attached hydrogen (secondary N) is 1. The Morgan fingerprint density at radius 2 is 1.76 bits per heavy atom. The molecule has 2 atom stereocenters. The number of hydrogen-bond acceptors (Lipinski definition) is 4. The monoisotopic (exact) mass is 358 g/mol. The molecule has 1 aromatic carbocycles. The fourth-order valence-corrected chi connectivity index (χ4v) is 3.29. The van der Waals surface area contributed by atoms with Gasteiger partial charge in [-0.05, 0) is 42.5 Å². The molecule has 2 rings (SSSR count). The number of ether oxygens (including phenoxy) is 1. The summed E-state index contributed by atoms with van der Waals surface area (Å²) < 4.78 is 40.2. The summed E-state index contributed by atoms with van der Waals surface area (Å²) in [4.78, 5) is 24.0. The smallest absolute Gasteiger partial charge is 0.550 e. The van der Waals surface area contributed by atoms with Crippen LogP contribution in [-0.4, -0.2) is 18.2 Å². The predicted molar refractivity (Wildman–Crippen MR) is 81.4 cm³/mol. The van der Waals surface area contributed by atoms with Crippen molar-refractivity contribution in [3.8, 4) is 5.75 Å². The molecule has 1 aliphatic rings. The number of carbonyl (C=O) groups is 2. The third-order valence-electron chi connectivity index (χ3n) is 5.35. The molecule has 0 heterocycles. The number of benzene rings is 1. The predicted octanol–water partition coefficient (Wildman–Crippen LogP) is 2.72. The van der Waals surface area contributed by atoms with E-state index in [4.69, 9.17) is 0 Å². The van der Waals surface area contributed by atoms with E-state index in [1.54, 1.807) is 20.8 Å². The summed E-state index contributed by atoms with van der Waals surface area (Å²) in [7, 11) is 0. The topological polar surface area (TPSA) is 78.5 Å². The first kappa shape index (κ1) is 19.1. The number of aliphatic carboxylic acids is 1. The molecule has 1 amide bonds. The first-order valence-corrected chi connectivity index (χ1v) is 7.75. The molecule has 0 aliphatic heterocycles. The SMILES string of the molecule is CC1(C)[C@H](C(=O)Nc2ccc(OC(F)(F)F)cc2)CC[C@@]1(C)C(=O)[O-]. The Morgan fingerprint density at radius 1 is 1.20 bits per heavy atom. The molecule has 1 aromatic rings. The standard InChI is InChI=1S/C17H20F3NO4/c1-15(2)12(8-9-16(15,3)14(23)24)13(22)21-10-4-6-11(7-5-10)25-17(18,19)20/h4-7,12H,8-9H2,1-3H3,(H,21,22)(H,23,24)/p-1/t12-,16-/m0/s1. The van der Waals surface area contributed by atoms with Crippen LogP contribution in [0.2, 0.25) is 0 Å². The maximum Gasteiger partial charge on any atom is 0.573 e. The lowest BCUT2D eigenvalue weighted by molar-refractivity contribution is -0.323. The molecular weight excluding hydrogens is 339 g/mol. The van der Waals surface area contributed by atoms with E-state index in [1.807, 2.05) is 0 Å². The van der Waals surface area contributed by atoms with Gasteiger partial charge in [0.25, 0.3) is 0 Å². The van der Waals surface area contributed by atoms with Crippen LogP contribution in [-0.2, 0) is 9.59 Å². The Balaban J connectivity index is 2.09. The van der Waals surface area contributed by atoms with Crippen molar-refractivity contribution in [2.75, 3.05) is 5.32 Å². The minimum atomic E-state index is -4.78. The van der Waals surface area contributed by atoms with Crippen molar-refractivity contribution in [1.82, 2.24) is 0 Å². The number of carbonyl (C=O) groups excluding carboxylic acids is 2. The Morgan fingerprint density at radius 3 is 2.20 bits per heavy atom. The number of alkyl halides is 3. The van der Waals surface area contributed by atoms with Gasteiger partial charge in [0.1, 0.15) is 5.75 Å². The summed E-state index contributed by atoms with van der Waals surface area (Å²) >= 11 is 0.